The summed E-state index contributed by atoms with van der Waals surface area (Å²) >= 11 is 1.73. The van der Waals surface area contributed by atoms with Gasteiger partial charge in [0.25, 0.3) is 0 Å². The van der Waals surface area contributed by atoms with E-state index in [-0.39, 0.29) is 12.1 Å². The zero-order chi connectivity index (χ0) is 12.7. The van der Waals surface area contributed by atoms with E-state index in [2.05, 4.69) is 23.3 Å². The number of fused-ring (bicyclic) bond motifs is 1. The Morgan fingerprint density at radius 1 is 1.56 bits per heavy atom. The number of nitrogens with zero attached hydrogens (tertiary/aromatic N) is 1. The fraction of sp³-hybridized carbons (Fsp3) is 0.643. The van der Waals surface area contributed by atoms with Crippen LogP contribution in [0.5, 0.6) is 0 Å². The maximum Gasteiger partial charge on any atom is 0.321 e. The van der Waals surface area contributed by atoms with Crippen molar-refractivity contribution in [3.05, 3.63) is 22.4 Å². The maximum absolute atomic E-state index is 11.6. The molecule has 1 aliphatic heterocycles. The van der Waals surface area contributed by atoms with Crippen LogP contribution in [0.15, 0.2) is 17.5 Å². The predicted molar refractivity (Wildman–Crippen MR) is 71.7 cm³/mol. The molecule has 1 saturated carbocycles. The highest BCUT2D eigenvalue weighted by Crippen LogP contribution is 2.45. The third-order valence-corrected chi connectivity index (χ3v) is 5.67. The van der Waals surface area contributed by atoms with Crippen molar-refractivity contribution in [1.82, 2.24) is 4.90 Å². The molecule has 4 unspecified atom stereocenters. The van der Waals surface area contributed by atoms with Crippen LogP contribution >= 0.6 is 11.3 Å². The third kappa shape index (κ3) is 1.88. The second-order valence-corrected chi connectivity index (χ2v) is 6.51. The van der Waals surface area contributed by atoms with E-state index in [4.69, 9.17) is 0 Å². The van der Waals surface area contributed by atoms with Gasteiger partial charge in [-0.25, -0.2) is 0 Å². The minimum Gasteiger partial charge on any atom is -0.480 e. The van der Waals surface area contributed by atoms with E-state index in [9.17, 15) is 9.90 Å². The van der Waals surface area contributed by atoms with Gasteiger partial charge in [-0.2, -0.15) is 0 Å². The Balaban J connectivity index is 1.85. The van der Waals surface area contributed by atoms with Crippen LogP contribution in [-0.2, 0) is 4.79 Å². The maximum atomic E-state index is 11.6. The van der Waals surface area contributed by atoms with E-state index in [1.165, 1.54) is 17.7 Å². The van der Waals surface area contributed by atoms with Gasteiger partial charge < -0.3 is 5.11 Å². The highest BCUT2D eigenvalue weighted by atomic mass is 32.1. The fourth-order valence-electron chi connectivity index (χ4n) is 3.75. The zero-order valence-electron chi connectivity index (χ0n) is 10.6. The van der Waals surface area contributed by atoms with Gasteiger partial charge in [-0.05, 0) is 43.0 Å². The summed E-state index contributed by atoms with van der Waals surface area (Å²) in [7, 11) is 0. The molecule has 4 heteroatoms. The van der Waals surface area contributed by atoms with Gasteiger partial charge >= 0.3 is 5.97 Å². The summed E-state index contributed by atoms with van der Waals surface area (Å²) in [5.74, 6) is 0.353. The van der Waals surface area contributed by atoms with Crippen molar-refractivity contribution < 1.29 is 9.90 Å². The average molecular weight is 265 g/mol. The summed E-state index contributed by atoms with van der Waals surface area (Å²) in [6.45, 7) is 3.10. The number of carboxylic acid groups (broad SMARTS) is 1. The normalized spacial score (nSPS) is 33.5. The molecule has 3 nitrogen and oxygen atoms in total. The molecule has 18 heavy (non-hydrogen) atoms. The first-order valence-corrected chi connectivity index (χ1v) is 7.58. The van der Waals surface area contributed by atoms with Crippen molar-refractivity contribution >= 4 is 17.3 Å². The molecule has 98 valence electrons. The molecule has 2 aliphatic rings. The number of hydrogen-bond donors (Lipinski definition) is 1. The molecular formula is C14H19NO2S. The Kier molecular flexibility index (Phi) is 3.16. The van der Waals surface area contributed by atoms with Crippen molar-refractivity contribution in [2.24, 2.45) is 11.8 Å². The molecule has 0 aromatic carbocycles. The van der Waals surface area contributed by atoms with Crippen LogP contribution in [-0.4, -0.2) is 28.6 Å². The standard InChI is InChI=1S/C14H19NO2S/c1-9(12-6-3-7-18-12)15-8-10-4-2-5-11(10)13(15)14(16)17/h3,6-7,9-11,13H,2,4-5,8H2,1H3,(H,16,17). The van der Waals surface area contributed by atoms with Crippen molar-refractivity contribution in [1.29, 1.82) is 0 Å². The molecule has 1 aromatic heterocycles. The van der Waals surface area contributed by atoms with Crippen molar-refractivity contribution in [3.8, 4) is 0 Å². The largest absolute Gasteiger partial charge is 0.480 e. The minimum absolute atomic E-state index is 0.233. The van der Waals surface area contributed by atoms with Crippen LogP contribution in [0, 0.1) is 11.8 Å². The van der Waals surface area contributed by atoms with Gasteiger partial charge in [0, 0.05) is 17.5 Å². The van der Waals surface area contributed by atoms with Gasteiger partial charge in [0.2, 0.25) is 0 Å². The number of thiophene rings is 1. The summed E-state index contributed by atoms with van der Waals surface area (Å²) in [5.41, 5.74) is 0. The lowest BCUT2D eigenvalue weighted by molar-refractivity contribution is -0.144. The molecule has 3 rings (SSSR count). The van der Waals surface area contributed by atoms with E-state index in [1.54, 1.807) is 11.3 Å². The number of rotatable bonds is 3. The number of hydrogen-bond acceptors (Lipinski definition) is 3. The van der Waals surface area contributed by atoms with Gasteiger partial charge in [0.05, 0.1) is 0 Å². The second-order valence-electron chi connectivity index (χ2n) is 5.53. The lowest BCUT2D eigenvalue weighted by Crippen LogP contribution is -2.40. The molecule has 1 saturated heterocycles. The highest BCUT2D eigenvalue weighted by molar-refractivity contribution is 7.10. The van der Waals surface area contributed by atoms with Crippen molar-refractivity contribution in [3.63, 3.8) is 0 Å². The zero-order valence-corrected chi connectivity index (χ0v) is 11.4. The van der Waals surface area contributed by atoms with Gasteiger partial charge in [-0.3, -0.25) is 9.69 Å². The van der Waals surface area contributed by atoms with Crippen LogP contribution in [0.2, 0.25) is 0 Å². The van der Waals surface area contributed by atoms with Crippen LogP contribution in [0.3, 0.4) is 0 Å². The second kappa shape index (κ2) is 4.67. The Bertz CT molecular complexity index is 431. The first-order valence-electron chi connectivity index (χ1n) is 6.70. The average Bonchev–Trinajstić information content (AvgIpc) is 3.03. The number of aliphatic carboxylic acids is 1. The first-order chi connectivity index (χ1) is 8.68. The molecule has 4 atom stereocenters. The quantitative estimate of drug-likeness (QED) is 0.913. The van der Waals surface area contributed by atoms with Crippen LogP contribution < -0.4 is 0 Å². The summed E-state index contributed by atoms with van der Waals surface area (Å²) < 4.78 is 0. The summed E-state index contributed by atoms with van der Waals surface area (Å²) in [4.78, 5) is 15.1. The van der Waals surface area contributed by atoms with Gasteiger partial charge in [0.15, 0.2) is 0 Å². The van der Waals surface area contributed by atoms with Crippen molar-refractivity contribution in [2.45, 2.75) is 38.3 Å². The minimum atomic E-state index is -0.632. The molecule has 0 radical (unpaired) electrons. The molecule has 1 aromatic rings. The van der Waals surface area contributed by atoms with Gasteiger partial charge in [-0.15, -0.1) is 11.3 Å². The lowest BCUT2D eigenvalue weighted by atomic mass is 9.94. The molecule has 2 fully saturated rings. The predicted octanol–water partition coefficient (Wildman–Crippen LogP) is 2.99. The Labute approximate surface area is 111 Å². The van der Waals surface area contributed by atoms with Gasteiger partial charge in [-0.1, -0.05) is 12.5 Å². The molecule has 1 N–H and O–H groups in total. The van der Waals surface area contributed by atoms with E-state index in [0.717, 1.165) is 13.0 Å². The third-order valence-electron chi connectivity index (χ3n) is 4.63. The SMILES string of the molecule is CC(c1cccs1)N1CC2CCCC2C1C(=O)O. The van der Waals surface area contributed by atoms with Crippen LogP contribution in [0.25, 0.3) is 0 Å². The summed E-state index contributed by atoms with van der Waals surface area (Å²) in [6, 6.07) is 4.12. The summed E-state index contributed by atoms with van der Waals surface area (Å²) in [6.07, 6.45) is 3.51. The molecule has 0 amide bonds. The van der Waals surface area contributed by atoms with E-state index in [0.29, 0.717) is 11.8 Å². The highest BCUT2D eigenvalue weighted by Gasteiger charge is 2.49. The van der Waals surface area contributed by atoms with Crippen LogP contribution in [0.1, 0.15) is 37.1 Å². The van der Waals surface area contributed by atoms with E-state index < -0.39 is 5.97 Å². The molecule has 2 heterocycles. The number of carboxylic acids is 1. The Morgan fingerprint density at radius 3 is 3.06 bits per heavy atom. The van der Waals surface area contributed by atoms with E-state index in [1.807, 2.05) is 6.07 Å². The Morgan fingerprint density at radius 2 is 2.39 bits per heavy atom. The summed E-state index contributed by atoms with van der Waals surface area (Å²) in [5, 5.41) is 11.6. The molecule has 0 spiro atoms. The molecule has 1 aliphatic carbocycles. The lowest BCUT2D eigenvalue weighted by Gasteiger charge is -2.29. The van der Waals surface area contributed by atoms with Gasteiger partial charge in [0.1, 0.15) is 6.04 Å². The molecule has 0 bridgehead atoms. The number of likely N-dealkylation sites (tertiary alicyclic amines) is 1. The van der Waals surface area contributed by atoms with E-state index >= 15 is 0 Å². The van der Waals surface area contributed by atoms with Crippen molar-refractivity contribution in [2.75, 3.05) is 6.54 Å². The fourth-order valence-corrected chi connectivity index (χ4v) is 4.56. The number of carbonyl (C=O) groups is 1. The smallest absolute Gasteiger partial charge is 0.321 e. The topological polar surface area (TPSA) is 40.5 Å². The Hall–Kier alpha value is -0.870. The monoisotopic (exact) mass is 265 g/mol. The van der Waals surface area contributed by atoms with Crippen LogP contribution in [0.4, 0.5) is 0 Å². The first kappa shape index (κ1) is 12.2. The molecular weight excluding hydrogens is 246 g/mol.